The number of likely N-dealkylation sites (tertiary alicyclic amines) is 1. The molecule has 0 aromatic rings. The van der Waals surface area contributed by atoms with Crippen LogP contribution < -0.4 is 0 Å². The maximum absolute atomic E-state index is 4.03. The molecule has 1 aliphatic heterocycles. The Hall–Kier alpha value is -0.300. The van der Waals surface area contributed by atoms with Crippen LogP contribution in [0.15, 0.2) is 12.2 Å². The van der Waals surface area contributed by atoms with Crippen molar-refractivity contribution in [2.24, 2.45) is 0 Å². The zero-order chi connectivity index (χ0) is 8.43. The minimum atomic E-state index is 0.662. The van der Waals surface area contributed by atoms with Crippen LogP contribution in [0.1, 0.15) is 33.6 Å². The van der Waals surface area contributed by atoms with Gasteiger partial charge in [-0.05, 0) is 40.2 Å². The van der Waals surface area contributed by atoms with Gasteiger partial charge in [-0.15, -0.1) is 0 Å². The van der Waals surface area contributed by atoms with Crippen molar-refractivity contribution in [1.29, 1.82) is 0 Å². The standard InChI is InChI=1S/C10H19N/c1-8(2)10-6-5-7-11(10)9(3)4/h9-10H,1,5-7H2,2-4H3. The highest BCUT2D eigenvalue weighted by molar-refractivity contribution is 5.05. The van der Waals surface area contributed by atoms with Crippen LogP contribution in [0.3, 0.4) is 0 Å². The second-order valence-corrected chi connectivity index (χ2v) is 3.84. The van der Waals surface area contributed by atoms with E-state index in [0.29, 0.717) is 12.1 Å². The SMILES string of the molecule is C=C(C)C1CCCN1C(C)C. The van der Waals surface area contributed by atoms with Crippen LogP contribution in [-0.4, -0.2) is 23.5 Å². The van der Waals surface area contributed by atoms with E-state index in [1.54, 1.807) is 0 Å². The Morgan fingerprint density at radius 1 is 1.55 bits per heavy atom. The first-order valence-electron chi connectivity index (χ1n) is 4.54. The van der Waals surface area contributed by atoms with E-state index < -0.39 is 0 Å². The molecule has 1 rings (SSSR count). The molecule has 0 N–H and O–H groups in total. The monoisotopic (exact) mass is 153 g/mol. The van der Waals surface area contributed by atoms with Gasteiger partial charge in [0.2, 0.25) is 0 Å². The third-order valence-corrected chi connectivity index (χ3v) is 2.53. The fourth-order valence-corrected chi connectivity index (χ4v) is 1.94. The van der Waals surface area contributed by atoms with Gasteiger partial charge in [-0.3, -0.25) is 4.90 Å². The summed E-state index contributed by atoms with van der Waals surface area (Å²) in [5.74, 6) is 0. The van der Waals surface area contributed by atoms with Crippen molar-refractivity contribution in [1.82, 2.24) is 4.90 Å². The Bertz CT molecular complexity index is 149. The summed E-state index contributed by atoms with van der Waals surface area (Å²) in [7, 11) is 0. The van der Waals surface area contributed by atoms with Crippen LogP contribution in [-0.2, 0) is 0 Å². The van der Waals surface area contributed by atoms with Gasteiger partial charge in [0.15, 0.2) is 0 Å². The molecule has 1 unspecified atom stereocenters. The molecule has 1 aliphatic rings. The average Bonchev–Trinajstić information content (AvgIpc) is 2.32. The summed E-state index contributed by atoms with van der Waals surface area (Å²) < 4.78 is 0. The summed E-state index contributed by atoms with van der Waals surface area (Å²) in [6.45, 7) is 12.0. The predicted molar refractivity (Wildman–Crippen MR) is 49.7 cm³/mol. The smallest absolute Gasteiger partial charge is 0.0305 e. The number of hydrogen-bond acceptors (Lipinski definition) is 1. The Labute approximate surface area is 70.1 Å². The molecule has 64 valence electrons. The van der Waals surface area contributed by atoms with Gasteiger partial charge < -0.3 is 0 Å². The van der Waals surface area contributed by atoms with Gasteiger partial charge in [0.25, 0.3) is 0 Å². The lowest BCUT2D eigenvalue weighted by molar-refractivity contribution is 0.226. The molecule has 1 atom stereocenters. The van der Waals surface area contributed by atoms with Crippen molar-refractivity contribution >= 4 is 0 Å². The van der Waals surface area contributed by atoms with Crippen LogP contribution in [0.2, 0.25) is 0 Å². The summed E-state index contributed by atoms with van der Waals surface area (Å²) in [6, 6.07) is 1.34. The fraction of sp³-hybridized carbons (Fsp3) is 0.800. The van der Waals surface area contributed by atoms with E-state index in [1.807, 2.05) is 0 Å². The van der Waals surface area contributed by atoms with E-state index in [9.17, 15) is 0 Å². The Morgan fingerprint density at radius 2 is 2.18 bits per heavy atom. The maximum Gasteiger partial charge on any atom is 0.0305 e. The molecule has 1 nitrogen and oxygen atoms in total. The summed E-state index contributed by atoms with van der Waals surface area (Å²) in [4.78, 5) is 2.54. The molecule has 1 fully saturated rings. The molecule has 0 amide bonds. The zero-order valence-corrected chi connectivity index (χ0v) is 7.93. The first-order chi connectivity index (χ1) is 5.13. The lowest BCUT2D eigenvalue weighted by atomic mass is 10.1. The van der Waals surface area contributed by atoms with Crippen LogP contribution in [0.5, 0.6) is 0 Å². The quantitative estimate of drug-likeness (QED) is 0.551. The minimum absolute atomic E-state index is 0.662. The fourth-order valence-electron chi connectivity index (χ4n) is 1.94. The van der Waals surface area contributed by atoms with Crippen LogP contribution in [0, 0.1) is 0 Å². The molecular formula is C10H19N. The average molecular weight is 153 g/mol. The summed E-state index contributed by atoms with van der Waals surface area (Å²) in [5.41, 5.74) is 1.33. The lowest BCUT2D eigenvalue weighted by Crippen LogP contribution is -2.35. The maximum atomic E-state index is 4.03. The van der Waals surface area contributed by atoms with E-state index in [1.165, 1.54) is 25.0 Å². The van der Waals surface area contributed by atoms with E-state index in [2.05, 4.69) is 32.3 Å². The Balaban J connectivity index is 2.58. The number of rotatable bonds is 2. The molecule has 0 aliphatic carbocycles. The molecule has 0 aromatic heterocycles. The molecule has 1 heteroatoms. The molecule has 0 aromatic carbocycles. The van der Waals surface area contributed by atoms with E-state index in [0.717, 1.165) is 0 Å². The van der Waals surface area contributed by atoms with E-state index in [-0.39, 0.29) is 0 Å². The van der Waals surface area contributed by atoms with Crippen molar-refractivity contribution in [2.45, 2.75) is 45.7 Å². The number of nitrogens with zero attached hydrogens (tertiary/aromatic N) is 1. The van der Waals surface area contributed by atoms with Crippen molar-refractivity contribution in [2.75, 3.05) is 6.54 Å². The summed E-state index contributed by atoms with van der Waals surface area (Å²) in [5, 5.41) is 0. The first kappa shape index (κ1) is 8.79. The van der Waals surface area contributed by atoms with Gasteiger partial charge in [-0.25, -0.2) is 0 Å². The lowest BCUT2D eigenvalue weighted by Gasteiger charge is -2.28. The van der Waals surface area contributed by atoms with Gasteiger partial charge in [-0.1, -0.05) is 12.2 Å². The highest BCUT2D eigenvalue weighted by Crippen LogP contribution is 2.24. The van der Waals surface area contributed by atoms with E-state index in [4.69, 9.17) is 0 Å². The van der Waals surface area contributed by atoms with Gasteiger partial charge in [0.05, 0.1) is 0 Å². The largest absolute Gasteiger partial charge is 0.294 e. The Morgan fingerprint density at radius 3 is 2.55 bits per heavy atom. The van der Waals surface area contributed by atoms with Crippen molar-refractivity contribution in [3.05, 3.63) is 12.2 Å². The first-order valence-corrected chi connectivity index (χ1v) is 4.54. The van der Waals surface area contributed by atoms with Crippen LogP contribution in [0.25, 0.3) is 0 Å². The highest BCUT2D eigenvalue weighted by atomic mass is 15.2. The van der Waals surface area contributed by atoms with Gasteiger partial charge >= 0.3 is 0 Å². The van der Waals surface area contributed by atoms with Crippen molar-refractivity contribution in [3.63, 3.8) is 0 Å². The molecule has 0 saturated carbocycles. The molecule has 1 saturated heterocycles. The Kier molecular flexibility index (Phi) is 2.72. The molecular weight excluding hydrogens is 134 g/mol. The predicted octanol–water partition coefficient (Wildman–Crippen LogP) is 2.44. The normalized spacial score (nSPS) is 26.4. The third-order valence-electron chi connectivity index (χ3n) is 2.53. The molecule has 0 bridgehead atoms. The number of hydrogen-bond donors (Lipinski definition) is 0. The molecule has 0 radical (unpaired) electrons. The minimum Gasteiger partial charge on any atom is -0.294 e. The second kappa shape index (κ2) is 3.40. The van der Waals surface area contributed by atoms with Crippen LogP contribution >= 0.6 is 0 Å². The van der Waals surface area contributed by atoms with Crippen LogP contribution in [0.4, 0.5) is 0 Å². The second-order valence-electron chi connectivity index (χ2n) is 3.84. The summed E-state index contributed by atoms with van der Waals surface area (Å²) in [6.07, 6.45) is 2.66. The molecule has 1 heterocycles. The third kappa shape index (κ3) is 1.84. The highest BCUT2D eigenvalue weighted by Gasteiger charge is 2.26. The summed E-state index contributed by atoms with van der Waals surface area (Å²) >= 11 is 0. The van der Waals surface area contributed by atoms with Crippen molar-refractivity contribution in [3.8, 4) is 0 Å². The van der Waals surface area contributed by atoms with Gasteiger partial charge in [0.1, 0.15) is 0 Å². The molecule has 11 heavy (non-hydrogen) atoms. The zero-order valence-electron chi connectivity index (χ0n) is 7.93. The topological polar surface area (TPSA) is 3.24 Å². The van der Waals surface area contributed by atoms with Gasteiger partial charge in [-0.2, -0.15) is 0 Å². The van der Waals surface area contributed by atoms with Crippen molar-refractivity contribution < 1.29 is 0 Å². The molecule has 0 spiro atoms. The van der Waals surface area contributed by atoms with E-state index >= 15 is 0 Å². The van der Waals surface area contributed by atoms with Gasteiger partial charge in [0, 0.05) is 12.1 Å².